The average Bonchev–Trinajstić information content (AvgIpc) is 2.64. The van der Waals surface area contributed by atoms with Crippen molar-refractivity contribution in [1.82, 2.24) is 4.98 Å². The summed E-state index contributed by atoms with van der Waals surface area (Å²) >= 11 is 3.12. The highest BCUT2D eigenvalue weighted by atomic mass is 79.9. The summed E-state index contributed by atoms with van der Waals surface area (Å²) in [6.07, 6.45) is 2.05. The Morgan fingerprint density at radius 3 is 3.12 bits per heavy atom. The molecule has 1 fully saturated rings. The number of rotatable bonds is 3. The van der Waals surface area contributed by atoms with Gasteiger partial charge in [-0.15, -0.1) is 0 Å². The van der Waals surface area contributed by atoms with E-state index in [2.05, 4.69) is 26.2 Å². The summed E-state index contributed by atoms with van der Waals surface area (Å²) in [6.45, 7) is 1.05. The Balaban J connectivity index is 1.99. The number of nitrogens with one attached hydrogen (secondary N) is 1. The van der Waals surface area contributed by atoms with Crippen LogP contribution in [-0.2, 0) is 4.74 Å². The number of hydrogen-bond acceptors (Lipinski definition) is 4. The summed E-state index contributed by atoms with van der Waals surface area (Å²) < 4.78 is 19.0. The predicted octanol–water partition coefficient (Wildman–Crippen LogP) is 1.55. The van der Waals surface area contributed by atoms with E-state index in [4.69, 9.17) is 4.74 Å². The van der Waals surface area contributed by atoms with Crippen molar-refractivity contribution in [3.63, 3.8) is 0 Å². The molecular formula is C10H12BrFN2O2. The minimum Gasteiger partial charge on any atom is -0.386 e. The molecule has 16 heavy (non-hydrogen) atoms. The summed E-state index contributed by atoms with van der Waals surface area (Å²) in [5, 5.41) is 12.7. The van der Waals surface area contributed by atoms with Gasteiger partial charge in [-0.25, -0.2) is 9.37 Å². The third-order valence-electron chi connectivity index (χ3n) is 2.48. The molecule has 1 aromatic heterocycles. The Labute approximate surface area is 101 Å². The number of aromatic nitrogens is 1. The molecule has 0 spiro atoms. The lowest BCUT2D eigenvalue weighted by molar-refractivity contribution is 0.0381. The molecule has 1 aromatic rings. The summed E-state index contributed by atoms with van der Waals surface area (Å²) in [7, 11) is 0. The molecule has 2 N–H and O–H groups in total. The van der Waals surface area contributed by atoms with Crippen LogP contribution in [0.5, 0.6) is 0 Å². The van der Waals surface area contributed by atoms with Crippen LogP contribution in [-0.4, -0.2) is 35.5 Å². The fourth-order valence-corrected chi connectivity index (χ4v) is 1.83. The average molecular weight is 291 g/mol. The maximum absolute atomic E-state index is 13.4. The van der Waals surface area contributed by atoms with E-state index in [9.17, 15) is 9.50 Å². The Morgan fingerprint density at radius 2 is 2.50 bits per heavy atom. The van der Waals surface area contributed by atoms with E-state index in [-0.39, 0.29) is 19.0 Å². The second kappa shape index (κ2) is 4.65. The zero-order valence-corrected chi connectivity index (χ0v) is 10.1. The van der Waals surface area contributed by atoms with E-state index < -0.39 is 11.4 Å². The summed E-state index contributed by atoms with van der Waals surface area (Å²) in [5.41, 5.74) is -0.915. The minimum absolute atomic E-state index is 0.142. The predicted molar refractivity (Wildman–Crippen MR) is 60.8 cm³/mol. The van der Waals surface area contributed by atoms with E-state index in [0.717, 1.165) is 0 Å². The highest BCUT2D eigenvalue weighted by Crippen LogP contribution is 2.21. The number of pyridine rings is 1. The number of ether oxygens (including phenoxy) is 1. The lowest BCUT2D eigenvalue weighted by Gasteiger charge is -2.21. The Morgan fingerprint density at radius 1 is 1.69 bits per heavy atom. The van der Waals surface area contributed by atoms with Crippen LogP contribution in [0.3, 0.4) is 0 Å². The molecule has 2 rings (SSSR count). The smallest absolute Gasteiger partial charge is 0.166 e. The number of anilines is 1. The van der Waals surface area contributed by atoms with Crippen LogP contribution < -0.4 is 5.32 Å². The monoisotopic (exact) mass is 290 g/mol. The number of nitrogens with zero attached hydrogens (tertiary/aromatic N) is 1. The van der Waals surface area contributed by atoms with Crippen molar-refractivity contribution in [3.8, 4) is 0 Å². The quantitative estimate of drug-likeness (QED) is 0.887. The van der Waals surface area contributed by atoms with Crippen LogP contribution in [0.15, 0.2) is 16.7 Å². The molecule has 1 saturated heterocycles. The van der Waals surface area contributed by atoms with Gasteiger partial charge in [0.1, 0.15) is 5.60 Å². The summed E-state index contributed by atoms with van der Waals surface area (Å²) in [5.74, 6) is -0.305. The zero-order valence-electron chi connectivity index (χ0n) is 8.54. The van der Waals surface area contributed by atoms with Gasteiger partial charge in [-0.3, -0.25) is 0 Å². The summed E-state index contributed by atoms with van der Waals surface area (Å²) in [6, 6.07) is 1.32. The number of aliphatic hydroxyl groups is 1. The standard InChI is InChI=1S/C10H12BrFN2O2/c11-7-3-8(12)9(13-4-7)14-5-10(15)1-2-16-6-10/h3-4,15H,1-2,5-6H2,(H,13,14). The molecule has 0 aromatic carbocycles. The fourth-order valence-electron chi connectivity index (χ4n) is 1.53. The second-order valence-electron chi connectivity index (χ2n) is 3.86. The third-order valence-corrected chi connectivity index (χ3v) is 2.91. The van der Waals surface area contributed by atoms with Crippen LogP contribution in [0.2, 0.25) is 0 Å². The van der Waals surface area contributed by atoms with Crippen LogP contribution in [0.25, 0.3) is 0 Å². The van der Waals surface area contributed by atoms with Crippen molar-refractivity contribution in [1.29, 1.82) is 0 Å². The first kappa shape index (κ1) is 11.8. The highest BCUT2D eigenvalue weighted by molar-refractivity contribution is 9.10. The van der Waals surface area contributed by atoms with Crippen molar-refractivity contribution >= 4 is 21.7 Å². The molecule has 1 aliphatic heterocycles. The van der Waals surface area contributed by atoms with Crippen LogP contribution in [0, 0.1) is 5.82 Å². The Hall–Kier alpha value is -0.720. The molecule has 2 heterocycles. The van der Waals surface area contributed by atoms with Gasteiger partial charge in [-0.2, -0.15) is 0 Å². The van der Waals surface area contributed by atoms with Gasteiger partial charge in [0.05, 0.1) is 6.61 Å². The molecule has 0 aliphatic carbocycles. The first-order valence-electron chi connectivity index (χ1n) is 4.94. The molecule has 0 saturated carbocycles. The van der Waals surface area contributed by atoms with Gasteiger partial charge < -0.3 is 15.2 Å². The van der Waals surface area contributed by atoms with E-state index >= 15 is 0 Å². The van der Waals surface area contributed by atoms with Gasteiger partial charge >= 0.3 is 0 Å². The van der Waals surface area contributed by atoms with E-state index in [1.54, 1.807) is 0 Å². The van der Waals surface area contributed by atoms with Crippen molar-refractivity contribution in [3.05, 3.63) is 22.6 Å². The molecule has 88 valence electrons. The maximum atomic E-state index is 13.4. The Kier molecular flexibility index (Phi) is 3.41. The van der Waals surface area contributed by atoms with Gasteiger partial charge in [0.15, 0.2) is 11.6 Å². The molecule has 4 nitrogen and oxygen atoms in total. The molecule has 0 bridgehead atoms. The fraction of sp³-hybridized carbons (Fsp3) is 0.500. The second-order valence-corrected chi connectivity index (χ2v) is 4.78. The largest absolute Gasteiger partial charge is 0.386 e. The molecular weight excluding hydrogens is 279 g/mol. The molecule has 6 heteroatoms. The lowest BCUT2D eigenvalue weighted by Crippen LogP contribution is -2.37. The van der Waals surface area contributed by atoms with Crippen molar-refractivity contribution in [2.45, 2.75) is 12.0 Å². The topological polar surface area (TPSA) is 54.4 Å². The number of halogens is 2. The summed E-state index contributed by atoms with van der Waals surface area (Å²) in [4.78, 5) is 3.88. The maximum Gasteiger partial charge on any atom is 0.166 e. The SMILES string of the molecule is OC1(CNc2ncc(Br)cc2F)CCOC1. The van der Waals surface area contributed by atoms with E-state index in [1.165, 1.54) is 12.3 Å². The Bertz CT molecular complexity index is 383. The van der Waals surface area contributed by atoms with Gasteiger partial charge in [0.25, 0.3) is 0 Å². The van der Waals surface area contributed by atoms with Gasteiger partial charge in [-0.05, 0) is 22.0 Å². The molecule has 1 atom stereocenters. The van der Waals surface area contributed by atoms with Gasteiger partial charge in [-0.1, -0.05) is 0 Å². The molecule has 0 radical (unpaired) electrons. The first-order valence-corrected chi connectivity index (χ1v) is 5.73. The normalized spacial score (nSPS) is 24.7. The zero-order chi connectivity index (χ0) is 11.6. The molecule has 1 aliphatic rings. The number of hydrogen-bond donors (Lipinski definition) is 2. The minimum atomic E-state index is -0.915. The highest BCUT2D eigenvalue weighted by Gasteiger charge is 2.32. The van der Waals surface area contributed by atoms with Crippen molar-refractivity contribution in [2.24, 2.45) is 0 Å². The van der Waals surface area contributed by atoms with Crippen LogP contribution in [0.4, 0.5) is 10.2 Å². The van der Waals surface area contributed by atoms with Gasteiger partial charge in [0.2, 0.25) is 0 Å². The molecule has 1 unspecified atom stereocenters. The molecule has 0 amide bonds. The van der Waals surface area contributed by atoms with E-state index in [1.807, 2.05) is 0 Å². The van der Waals surface area contributed by atoms with E-state index in [0.29, 0.717) is 17.5 Å². The van der Waals surface area contributed by atoms with Crippen LogP contribution >= 0.6 is 15.9 Å². The van der Waals surface area contributed by atoms with Crippen molar-refractivity contribution < 1.29 is 14.2 Å². The van der Waals surface area contributed by atoms with Gasteiger partial charge in [0, 0.05) is 30.2 Å². The van der Waals surface area contributed by atoms with Crippen molar-refractivity contribution in [2.75, 3.05) is 25.1 Å². The lowest BCUT2D eigenvalue weighted by atomic mass is 10.0. The third kappa shape index (κ3) is 2.69. The van der Waals surface area contributed by atoms with Crippen LogP contribution in [0.1, 0.15) is 6.42 Å². The first-order chi connectivity index (χ1) is 7.59.